The summed E-state index contributed by atoms with van der Waals surface area (Å²) < 4.78 is 17.7. The molecule has 0 aromatic heterocycles. The lowest BCUT2D eigenvalue weighted by atomic mass is 10.0. The summed E-state index contributed by atoms with van der Waals surface area (Å²) in [6.07, 6.45) is 1.61. The molecule has 1 N–H and O–H groups in total. The molecule has 5 nitrogen and oxygen atoms in total. The summed E-state index contributed by atoms with van der Waals surface area (Å²) in [4.78, 5) is 25.4. The van der Waals surface area contributed by atoms with Crippen LogP contribution in [0.1, 0.15) is 17.5 Å². The maximum atomic E-state index is 13.0. The lowest BCUT2D eigenvalue weighted by molar-refractivity contribution is -0.140. The van der Waals surface area contributed by atoms with Gasteiger partial charge in [-0.15, -0.1) is 0 Å². The first kappa shape index (κ1) is 23.0. The van der Waals surface area contributed by atoms with E-state index in [2.05, 4.69) is 10.1 Å². The van der Waals surface area contributed by atoms with Crippen LogP contribution in [0.2, 0.25) is 0 Å². The average Bonchev–Trinajstić information content (AvgIpc) is 2.83. The molecule has 0 aliphatic carbocycles. The molecule has 0 bridgehead atoms. The van der Waals surface area contributed by atoms with E-state index in [9.17, 15) is 14.0 Å². The summed E-state index contributed by atoms with van der Waals surface area (Å²) in [5, 5.41) is 2.89. The van der Waals surface area contributed by atoms with Gasteiger partial charge in [-0.2, -0.15) is 0 Å². The van der Waals surface area contributed by atoms with Gasteiger partial charge in [-0.1, -0.05) is 48.5 Å². The number of rotatable bonds is 8. The Hall–Kier alpha value is -3.67. The van der Waals surface area contributed by atoms with E-state index in [0.717, 1.165) is 27.9 Å². The van der Waals surface area contributed by atoms with Gasteiger partial charge in [0.2, 0.25) is 0 Å². The number of nitrogens with zero attached hydrogens (tertiary/aromatic N) is 1. The molecule has 2 amide bonds. The molecule has 0 aliphatic rings. The van der Waals surface area contributed by atoms with Crippen molar-refractivity contribution < 1.29 is 18.7 Å². The molecule has 6 heteroatoms. The van der Waals surface area contributed by atoms with E-state index >= 15 is 0 Å². The number of carbonyl (C=O) groups excluding carboxylic acids is 2. The highest BCUT2D eigenvalue weighted by atomic mass is 19.1. The molecule has 0 saturated heterocycles. The summed E-state index contributed by atoms with van der Waals surface area (Å²) in [6, 6.07) is 21.8. The normalized spacial score (nSPS) is 10.5. The summed E-state index contributed by atoms with van der Waals surface area (Å²) >= 11 is 0. The van der Waals surface area contributed by atoms with E-state index in [1.807, 2.05) is 48.5 Å². The van der Waals surface area contributed by atoms with Crippen molar-refractivity contribution in [2.45, 2.75) is 19.3 Å². The monoisotopic (exact) mass is 434 g/mol. The largest absolute Gasteiger partial charge is 0.469 e. The van der Waals surface area contributed by atoms with Gasteiger partial charge in [-0.25, -0.2) is 9.18 Å². The van der Waals surface area contributed by atoms with E-state index in [4.69, 9.17) is 0 Å². The third-order valence-corrected chi connectivity index (χ3v) is 5.27. The Kier molecular flexibility index (Phi) is 7.97. The Labute approximate surface area is 187 Å². The molecule has 0 unspecified atom stereocenters. The van der Waals surface area contributed by atoms with Crippen molar-refractivity contribution in [2.75, 3.05) is 25.6 Å². The van der Waals surface area contributed by atoms with Gasteiger partial charge in [0.15, 0.2) is 0 Å². The van der Waals surface area contributed by atoms with Crippen LogP contribution in [0.15, 0.2) is 72.8 Å². The molecule has 3 rings (SSSR count). The minimum atomic E-state index is -0.270. The van der Waals surface area contributed by atoms with Gasteiger partial charge in [0.25, 0.3) is 0 Å². The number of nitrogens with one attached hydrogen (secondary N) is 1. The van der Waals surface area contributed by atoms with Gasteiger partial charge in [0, 0.05) is 25.7 Å². The number of hydrogen-bond acceptors (Lipinski definition) is 3. The second kappa shape index (κ2) is 11.1. The van der Waals surface area contributed by atoms with Crippen LogP contribution in [0.4, 0.5) is 14.9 Å². The van der Waals surface area contributed by atoms with E-state index < -0.39 is 0 Å². The lowest BCUT2D eigenvalue weighted by Crippen LogP contribution is -2.38. The fourth-order valence-electron chi connectivity index (χ4n) is 3.31. The van der Waals surface area contributed by atoms with Gasteiger partial charge < -0.3 is 10.1 Å². The molecular formula is C26H27FN2O3. The minimum absolute atomic E-state index is 0.206. The molecule has 3 aromatic carbocycles. The molecular weight excluding hydrogens is 407 g/mol. The maximum absolute atomic E-state index is 13.0. The lowest BCUT2D eigenvalue weighted by Gasteiger charge is -2.19. The SMILES string of the molecule is COC(=O)CCc1ccc(-c2cccc(N(C)C(=O)NCCc3ccc(F)cc3)c2)cc1. The molecule has 0 heterocycles. The Balaban J connectivity index is 1.58. The molecule has 0 fully saturated rings. The molecule has 3 aromatic rings. The molecule has 0 saturated carbocycles. The Morgan fingerprint density at radius 3 is 2.25 bits per heavy atom. The summed E-state index contributed by atoms with van der Waals surface area (Å²) in [6.45, 7) is 0.460. The third kappa shape index (κ3) is 6.41. The number of carbonyl (C=O) groups is 2. The van der Waals surface area contributed by atoms with E-state index in [1.165, 1.54) is 19.2 Å². The van der Waals surface area contributed by atoms with E-state index in [1.54, 1.807) is 24.1 Å². The van der Waals surface area contributed by atoms with Crippen molar-refractivity contribution >= 4 is 17.7 Å². The van der Waals surface area contributed by atoms with Crippen LogP contribution in [-0.4, -0.2) is 32.7 Å². The van der Waals surface area contributed by atoms with E-state index in [0.29, 0.717) is 25.8 Å². The number of aryl methyl sites for hydroxylation is 1. The average molecular weight is 435 g/mol. The molecule has 0 radical (unpaired) electrons. The smallest absolute Gasteiger partial charge is 0.321 e. The van der Waals surface area contributed by atoms with Crippen molar-refractivity contribution in [3.05, 3.63) is 89.7 Å². The molecule has 0 spiro atoms. The first-order valence-electron chi connectivity index (χ1n) is 10.5. The van der Waals surface area contributed by atoms with Gasteiger partial charge >= 0.3 is 12.0 Å². The first-order valence-corrected chi connectivity index (χ1v) is 10.5. The second-order valence-corrected chi connectivity index (χ2v) is 7.49. The van der Waals surface area contributed by atoms with Crippen molar-refractivity contribution in [1.82, 2.24) is 5.32 Å². The van der Waals surface area contributed by atoms with Crippen LogP contribution in [0, 0.1) is 5.82 Å². The highest BCUT2D eigenvalue weighted by molar-refractivity contribution is 5.92. The number of hydrogen-bond donors (Lipinski definition) is 1. The number of esters is 1. The Morgan fingerprint density at radius 1 is 0.906 bits per heavy atom. The minimum Gasteiger partial charge on any atom is -0.469 e. The number of amides is 2. The predicted octanol–water partition coefficient (Wildman–Crippen LogP) is 4.99. The zero-order valence-electron chi connectivity index (χ0n) is 18.3. The highest BCUT2D eigenvalue weighted by Crippen LogP contribution is 2.25. The summed E-state index contributed by atoms with van der Waals surface area (Å²) in [5.74, 6) is -0.492. The number of ether oxygens (including phenoxy) is 1. The van der Waals surface area contributed by atoms with Gasteiger partial charge in [-0.3, -0.25) is 9.69 Å². The summed E-state index contributed by atoms with van der Waals surface area (Å²) in [5.41, 5.74) is 4.82. The first-order chi connectivity index (χ1) is 15.5. The summed E-state index contributed by atoms with van der Waals surface area (Å²) in [7, 11) is 3.11. The van der Waals surface area contributed by atoms with Gasteiger partial charge in [0.05, 0.1) is 7.11 Å². The number of urea groups is 1. The van der Waals surface area contributed by atoms with Crippen molar-refractivity contribution in [1.29, 1.82) is 0 Å². The van der Waals surface area contributed by atoms with Crippen molar-refractivity contribution in [3.8, 4) is 11.1 Å². The predicted molar refractivity (Wildman–Crippen MR) is 124 cm³/mol. The van der Waals surface area contributed by atoms with E-state index in [-0.39, 0.29) is 17.8 Å². The topological polar surface area (TPSA) is 58.6 Å². The van der Waals surface area contributed by atoms with Crippen LogP contribution in [-0.2, 0) is 22.4 Å². The van der Waals surface area contributed by atoms with Crippen molar-refractivity contribution in [3.63, 3.8) is 0 Å². The fourth-order valence-corrected chi connectivity index (χ4v) is 3.31. The van der Waals surface area contributed by atoms with Crippen LogP contribution < -0.4 is 10.2 Å². The highest BCUT2D eigenvalue weighted by Gasteiger charge is 2.11. The Morgan fingerprint density at radius 2 is 1.56 bits per heavy atom. The zero-order chi connectivity index (χ0) is 22.9. The second-order valence-electron chi connectivity index (χ2n) is 7.49. The maximum Gasteiger partial charge on any atom is 0.321 e. The number of anilines is 1. The molecule has 0 aliphatic heterocycles. The Bertz CT molecular complexity index is 1050. The zero-order valence-corrected chi connectivity index (χ0v) is 18.3. The molecule has 166 valence electrons. The van der Waals surface area contributed by atoms with Crippen molar-refractivity contribution in [2.24, 2.45) is 0 Å². The van der Waals surface area contributed by atoms with Gasteiger partial charge in [0.1, 0.15) is 5.82 Å². The quantitative estimate of drug-likeness (QED) is 0.509. The van der Waals surface area contributed by atoms with Gasteiger partial charge in [-0.05, 0) is 59.4 Å². The van der Waals surface area contributed by atoms with Crippen LogP contribution in [0.5, 0.6) is 0 Å². The molecule has 0 atom stereocenters. The third-order valence-electron chi connectivity index (χ3n) is 5.27. The number of methoxy groups -OCH3 is 1. The fraction of sp³-hybridized carbons (Fsp3) is 0.231. The van der Waals surface area contributed by atoms with Crippen LogP contribution in [0.3, 0.4) is 0 Å². The van der Waals surface area contributed by atoms with Crippen LogP contribution in [0.25, 0.3) is 11.1 Å². The van der Waals surface area contributed by atoms with Crippen LogP contribution >= 0.6 is 0 Å². The number of halogens is 1. The standard InChI is InChI=1S/C26H27FN2O3/c1-29(26(31)28-17-16-20-8-13-23(27)14-9-20)24-5-3-4-22(18-24)21-11-6-19(7-12-21)10-15-25(30)32-2/h3-9,11-14,18H,10,15-17H2,1-2H3,(H,28,31). The number of benzene rings is 3. The molecule has 32 heavy (non-hydrogen) atoms.